The van der Waals surface area contributed by atoms with E-state index in [1.165, 1.54) is 17.0 Å². The Morgan fingerprint density at radius 2 is 1.84 bits per heavy atom. The fourth-order valence-corrected chi connectivity index (χ4v) is 1.94. The number of halogens is 3. The van der Waals surface area contributed by atoms with Gasteiger partial charge < -0.3 is 4.90 Å². The summed E-state index contributed by atoms with van der Waals surface area (Å²) in [6.07, 6.45) is -4.61. The molecule has 4 nitrogen and oxygen atoms in total. The number of para-hydroxylation sites is 1. The zero-order valence-corrected chi connectivity index (χ0v) is 10.1. The second kappa shape index (κ2) is 4.56. The van der Waals surface area contributed by atoms with Gasteiger partial charge in [-0.3, -0.25) is 4.79 Å². The predicted molar refractivity (Wildman–Crippen MR) is 61.6 cm³/mol. The highest BCUT2D eigenvalue weighted by Gasteiger charge is 2.42. The number of hydrogen-bond acceptors (Lipinski definition) is 2. The van der Waals surface area contributed by atoms with Crippen molar-refractivity contribution in [1.82, 2.24) is 4.90 Å². The van der Waals surface area contributed by atoms with Gasteiger partial charge in [0, 0.05) is 6.54 Å². The first-order chi connectivity index (χ1) is 8.86. The minimum absolute atomic E-state index is 0.193. The normalized spacial score (nSPS) is 16.4. The molecule has 0 spiro atoms. The van der Waals surface area contributed by atoms with Crippen molar-refractivity contribution >= 4 is 17.6 Å². The molecule has 3 amide bonds. The third-order valence-corrected chi connectivity index (χ3v) is 2.87. The van der Waals surface area contributed by atoms with Crippen LogP contribution >= 0.6 is 0 Å². The predicted octanol–water partition coefficient (Wildman–Crippen LogP) is 2.49. The van der Waals surface area contributed by atoms with E-state index in [9.17, 15) is 22.8 Å². The maximum absolute atomic E-state index is 12.9. The first-order valence-electron chi connectivity index (χ1n) is 5.64. The van der Waals surface area contributed by atoms with Gasteiger partial charge >= 0.3 is 12.2 Å². The highest BCUT2D eigenvalue weighted by atomic mass is 19.4. The summed E-state index contributed by atoms with van der Waals surface area (Å²) in [5, 5.41) is 0. The van der Waals surface area contributed by atoms with Crippen molar-refractivity contribution in [2.45, 2.75) is 13.1 Å². The summed E-state index contributed by atoms with van der Waals surface area (Å²) in [5.74, 6) is -0.649. The molecule has 102 valence electrons. The first kappa shape index (κ1) is 13.4. The number of carbonyl (C=O) groups is 2. The zero-order valence-electron chi connectivity index (χ0n) is 10.1. The molecular formula is C12H11F3N2O2. The summed E-state index contributed by atoms with van der Waals surface area (Å²) in [7, 11) is 0. The van der Waals surface area contributed by atoms with Crippen molar-refractivity contribution in [3.05, 3.63) is 29.8 Å². The Bertz CT molecular complexity index is 528. The number of amides is 3. The Kier molecular flexibility index (Phi) is 3.21. The number of hydrogen-bond donors (Lipinski definition) is 0. The third kappa shape index (κ3) is 2.27. The van der Waals surface area contributed by atoms with Crippen LogP contribution in [0.15, 0.2) is 24.3 Å². The smallest absolute Gasteiger partial charge is 0.315 e. The summed E-state index contributed by atoms with van der Waals surface area (Å²) in [6, 6.07) is 3.83. The van der Waals surface area contributed by atoms with E-state index in [0.717, 1.165) is 12.1 Å². The van der Waals surface area contributed by atoms with Crippen LogP contribution < -0.4 is 4.90 Å². The quantitative estimate of drug-likeness (QED) is 0.776. The molecule has 1 aromatic rings. The Morgan fingerprint density at radius 1 is 1.21 bits per heavy atom. The van der Waals surface area contributed by atoms with Gasteiger partial charge in [-0.1, -0.05) is 12.1 Å². The molecule has 1 aliphatic rings. The van der Waals surface area contributed by atoms with Crippen molar-refractivity contribution in [3.63, 3.8) is 0 Å². The standard InChI is InChI=1S/C12H11F3N2O2/c1-2-16-7-10(18)17(11(16)19)9-6-4-3-5-8(9)12(13,14)15/h3-6H,2,7H2,1H3. The SMILES string of the molecule is CCN1CC(=O)N(c2ccccc2C(F)(F)F)C1=O. The fourth-order valence-electron chi connectivity index (χ4n) is 1.94. The molecule has 19 heavy (non-hydrogen) atoms. The summed E-state index contributed by atoms with van der Waals surface area (Å²) in [6.45, 7) is 1.74. The van der Waals surface area contributed by atoms with E-state index in [0.29, 0.717) is 4.90 Å². The number of likely N-dealkylation sites (N-methyl/N-ethyl adjacent to an activating group) is 1. The van der Waals surface area contributed by atoms with E-state index >= 15 is 0 Å². The van der Waals surface area contributed by atoms with Crippen LogP contribution in [0.5, 0.6) is 0 Å². The molecule has 0 saturated carbocycles. The zero-order chi connectivity index (χ0) is 14.2. The fraction of sp³-hybridized carbons (Fsp3) is 0.333. The van der Waals surface area contributed by atoms with Crippen LogP contribution in [0.2, 0.25) is 0 Å². The summed E-state index contributed by atoms with van der Waals surface area (Å²) in [4.78, 5) is 25.4. The second-order valence-electron chi connectivity index (χ2n) is 4.04. The molecule has 0 aromatic heterocycles. The van der Waals surface area contributed by atoms with Gasteiger partial charge in [-0.2, -0.15) is 13.2 Å². The van der Waals surface area contributed by atoms with Crippen molar-refractivity contribution in [1.29, 1.82) is 0 Å². The molecule has 1 fully saturated rings. The van der Waals surface area contributed by atoms with Gasteiger partial charge in [0.2, 0.25) is 0 Å². The van der Waals surface area contributed by atoms with E-state index in [4.69, 9.17) is 0 Å². The van der Waals surface area contributed by atoms with Crippen LogP contribution in [0, 0.1) is 0 Å². The number of anilines is 1. The topological polar surface area (TPSA) is 40.6 Å². The Hall–Kier alpha value is -2.05. The highest BCUT2D eigenvalue weighted by Crippen LogP contribution is 2.37. The number of rotatable bonds is 2. The second-order valence-corrected chi connectivity index (χ2v) is 4.04. The summed E-state index contributed by atoms with van der Waals surface area (Å²) < 4.78 is 38.6. The molecular weight excluding hydrogens is 261 g/mol. The molecule has 1 aliphatic heterocycles. The molecule has 0 unspecified atom stereocenters. The van der Waals surface area contributed by atoms with E-state index in [1.807, 2.05) is 0 Å². The number of imide groups is 1. The molecule has 1 heterocycles. The Labute approximate surface area is 107 Å². The van der Waals surface area contributed by atoms with Crippen molar-refractivity contribution in [2.75, 3.05) is 18.0 Å². The van der Waals surface area contributed by atoms with Gasteiger partial charge in [-0.15, -0.1) is 0 Å². The van der Waals surface area contributed by atoms with E-state index in [2.05, 4.69) is 0 Å². The number of alkyl halides is 3. The van der Waals surface area contributed by atoms with Crippen molar-refractivity contribution in [2.24, 2.45) is 0 Å². The van der Waals surface area contributed by atoms with Crippen LogP contribution in [0.4, 0.5) is 23.7 Å². The Balaban J connectivity index is 2.49. The van der Waals surface area contributed by atoms with Gasteiger partial charge in [0.05, 0.1) is 11.3 Å². The van der Waals surface area contributed by atoms with Crippen LogP contribution in [0.3, 0.4) is 0 Å². The lowest BCUT2D eigenvalue weighted by Crippen LogP contribution is -2.34. The van der Waals surface area contributed by atoms with Gasteiger partial charge in [-0.25, -0.2) is 9.69 Å². The van der Waals surface area contributed by atoms with E-state index in [-0.39, 0.29) is 13.1 Å². The van der Waals surface area contributed by atoms with Gasteiger partial charge in [0.15, 0.2) is 0 Å². The van der Waals surface area contributed by atoms with Crippen LogP contribution in [-0.2, 0) is 11.0 Å². The van der Waals surface area contributed by atoms with Crippen molar-refractivity contribution < 1.29 is 22.8 Å². The average molecular weight is 272 g/mol. The lowest BCUT2D eigenvalue weighted by Gasteiger charge is -2.19. The molecule has 0 N–H and O–H groups in total. The third-order valence-electron chi connectivity index (χ3n) is 2.87. The van der Waals surface area contributed by atoms with Crippen LogP contribution in [0.25, 0.3) is 0 Å². The molecule has 1 saturated heterocycles. The lowest BCUT2D eigenvalue weighted by atomic mass is 10.1. The molecule has 0 aliphatic carbocycles. The van der Waals surface area contributed by atoms with Crippen LogP contribution in [-0.4, -0.2) is 29.9 Å². The van der Waals surface area contributed by atoms with E-state index < -0.39 is 29.4 Å². The number of benzene rings is 1. The maximum atomic E-state index is 12.9. The number of carbonyl (C=O) groups excluding carboxylic acids is 2. The lowest BCUT2D eigenvalue weighted by molar-refractivity contribution is -0.137. The highest BCUT2D eigenvalue weighted by molar-refractivity contribution is 6.20. The monoisotopic (exact) mass is 272 g/mol. The summed E-state index contributed by atoms with van der Waals surface area (Å²) >= 11 is 0. The first-order valence-corrected chi connectivity index (χ1v) is 5.64. The largest absolute Gasteiger partial charge is 0.418 e. The molecule has 0 bridgehead atoms. The van der Waals surface area contributed by atoms with Crippen molar-refractivity contribution in [3.8, 4) is 0 Å². The number of nitrogens with zero attached hydrogens (tertiary/aromatic N) is 2. The molecule has 0 atom stereocenters. The van der Waals surface area contributed by atoms with Gasteiger partial charge in [0.25, 0.3) is 5.91 Å². The Morgan fingerprint density at radius 3 is 2.37 bits per heavy atom. The molecule has 0 radical (unpaired) electrons. The van der Waals surface area contributed by atoms with Gasteiger partial charge in [0.1, 0.15) is 6.54 Å². The molecule has 7 heteroatoms. The maximum Gasteiger partial charge on any atom is 0.418 e. The van der Waals surface area contributed by atoms with Crippen LogP contribution in [0.1, 0.15) is 12.5 Å². The van der Waals surface area contributed by atoms with Gasteiger partial charge in [-0.05, 0) is 19.1 Å². The minimum atomic E-state index is -4.61. The van der Waals surface area contributed by atoms with E-state index in [1.54, 1.807) is 6.92 Å². The molecule has 1 aromatic carbocycles. The number of urea groups is 1. The average Bonchev–Trinajstić information content (AvgIpc) is 2.63. The molecule has 2 rings (SSSR count). The summed E-state index contributed by atoms with van der Waals surface area (Å²) in [5.41, 5.74) is -1.41. The minimum Gasteiger partial charge on any atom is -0.315 e.